The Kier molecular flexibility index (Phi) is 6.38. The number of carboxylic acid groups (broad SMARTS) is 1. The maximum atomic E-state index is 14.4. The largest absolute Gasteiger partial charge is 0.477 e. The first kappa shape index (κ1) is 22.4. The summed E-state index contributed by atoms with van der Waals surface area (Å²) in [5.74, 6) is -8.84. The van der Waals surface area contributed by atoms with E-state index in [1.54, 1.807) is 13.0 Å². The molecular formula is C23H22F2O6. The number of esters is 2. The van der Waals surface area contributed by atoms with Crippen LogP contribution in [0.5, 0.6) is 0 Å². The standard InChI is InChI=1S/C23H22F2O6/c1-22(13-7-8-14-22)31-20(27)17-12-6-5-11-16(17)19(26)30-18(23(24,25)21(28)29)15-9-3-2-4-10-15/h2-6,9-12,18H,7-8,13-14H2,1H3,(H,28,29). The monoisotopic (exact) mass is 432 g/mol. The Balaban J connectivity index is 1.89. The summed E-state index contributed by atoms with van der Waals surface area (Å²) >= 11 is 0. The summed E-state index contributed by atoms with van der Waals surface area (Å²) in [5.41, 5.74) is -1.26. The van der Waals surface area contributed by atoms with Crippen molar-refractivity contribution >= 4 is 17.9 Å². The molecule has 0 radical (unpaired) electrons. The summed E-state index contributed by atoms with van der Waals surface area (Å²) in [5, 5.41) is 8.97. The molecule has 1 saturated carbocycles. The second-order valence-corrected chi connectivity index (χ2v) is 7.72. The van der Waals surface area contributed by atoms with Crippen molar-refractivity contribution in [3.8, 4) is 0 Å². The van der Waals surface area contributed by atoms with Gasteiger partial charge in [-0.1, -0.05) is 42.5 Å². The predicted molar refractivity (Wildman–Crippen MR) is 106 cm³/mol. The highest BCUT2D eigenvalue weighted by molar-refractivity contribution is 6.03. The maximum absolute atomic E-state index is 14.4. The van der Waals surface area contributed by atoms with Crippen LogP contribution in [-0.2, 0) is 14.3 Å². The van der Waals surface area contributed by atoms with E-state index >= 15 is 0 Å². The zero-order chi connectivity index (χ0) is 22.6. The maximum Gasteiger partial charge on any atom is 0.382 e. The van der Waals surface area contributed by atoms with Crippen LogP contribution in [0, 0.1) is 0 Å². The number of carbonyl (C=O) groups is 3. The molecule has 6 nitrogen and oxygen atoms in total. The average molecular weight is 432 g/mol. The first-order chi connectivity index (χ1) is 14.6. The molecule has 0 bridgehead atoms. The highest BCUT2D eigenvalue weighted by Crippen LogP contribution is 2.37. The van der Waals surface area contributed by atoms with Crippen molar-refractivity contribution < 1.29 is 37.7 Å². The highest BCUT2D eigenvalue weighted by Gasteiger charge is 2.51. The number of alkyl halides is 2. The molecule has 0 amide bonds. The van der Waals surface area contributed by atoms with Crippen molar-refractivity contribution in [2.24, 2.45) is 0 Å². The molecular weight excluding hydrogens is 410 g/mol. The van der Waals surface area contributed by atoms with Crippen LogP contribution in [0.4, 0.5) is 8.78 Å². The number of hydrogen-bond donors (Lipinski definition) is 1. The van der Waals surface area contributed by atoms with Crippen LogP contribution in [0.25, 0.3) is 0 Å². The van der Waals surface area contributed by atoms with Gasteiger partial charge in [-0.3, -0.25) is 0 Å². The third-order valence-corrected chi connectivity index (χ3v) is 5.31. The van der Waals surface area contributed by atoms with E-state index in [1.165, 1.54) is 48.5 Å². The number of carbonyl (C=O) groups excluding carboxylic acids is 2. The number of halogens is 2. The third kappa shape index (κ3) is 4.90. The van der Waals surface area contributed by atoms with Crippen LogP contribution in [-0.4, -0.2) is 34.5 Å². The Bertz CT molecular complexity index is 967. The minimum Gasteiger partial charge on any atom is -0.477 e. The van der Waals surface area contributed by atoms with Gasteiger partial charge in [0.05, 0.1) is 11.1 Å². The molecule has 0 heterocycles. The van der Waals surface area contributed by atoms with E-state index in [-0.39, 0.29) is 16.7 Å². The van der Waals surface area contributed by atoms with Crippen LogP contribution in [0.1, 0.15) is 65.0 Å². The lowest BCUT2D eigenvalue weighted by molar-refractivity contribution is -0.183. The van der Waals surface area contributed by atoms with Crippen LogP contribution >= 0.6 is 0 Å². The number of ether oxygens (including phenoxy) is 2. The quantitative estimate of drug-likeness (QED) is 0.633. The van der Waals surface area contributed by atoms with Gasteiger partial charge in [-0.15, -0.1) is 0 Å². The van der Waals surface area contributed by atoms with Gasteiger partial charge in [-0.25, -0.2) is 14.4 Å². The normalized spacial score (nSPS) is 16.4. The second-order valence-electron chi connectivity index (χ2n) is 7.72. The topological polar surface area (TPSA) is 89.9 Å². The van der Waals surface area contributed by atoms with Crippen LogP contribution in [0.2, 0.25) is 0 Å². The van der Waals surface area contributed by atoms with Crippen molar-refractivity contribution in [3.05, 3.63) is 71.3 Å². The van der Waals surface area contributed by atoms with E-state index in [2.05, 4.69) is 0 Å². The van der Waals surface area contributed by atoms with Crippen molar-refractivity contribution in [2.75, 3.05) is 0 Å². The summed E-state index contributed by atoms with van der Waals surface area (Å²) in [6, 6.07) is 12.4. The lowest BCUT2D eigenvalue weighted by Crippen LogP contribution is -2.38. The number of hydrogen-bond acceptors (Lipinski definition) is 5. The summed E-state index contributed by atoms with van der Waals surface area (Å²) < 4.78 is 39.3. The molecule has 1 aliphatic carbocycles. The van der Waals surface area contributed by atoms with Gasteiger partial charge < -0.3 is 14.6 Å². The molecule has 0 saturated heterocycles. The second kappa shape index (κ2) is 8.83. The van der Waals surface area contributed by atoms with Gasteiger partial charge in [-0.2, -0.15) is 8.78 Å². The van der Waals surface area contributed by atoms with Gasteiger partial charge in [0.2, 0.25) is 6.10 Å². The highest BCUT2D eigenvalue weighted by atomic mass is 19.3. The lowest BCUT2D eigenvalue weighted by Gasteiger charge is -2.26. The van der Waals surface area contributed by atoms with Gasteiger partial charge >= 0.3 is 23.8 Å². The molecule has 3 rings (SSSR count). The molecule has 2 aromatic carbocycles. The number of aliphatic carboxylic acids is 1. The zero-order valence-corrected chi connectivity index (χ0v) is 16.8. The molecule has 1 aliphatic rings. The van der Waals surface area contributed by atoms with Gasteiger partial charge in [0.25, 0.3) is 0 Å². The summed E-state index contributed by atoms with van der Waals surface area (Å²) in [4.78, 5) is 36.6. The Morgan fingerprint density at radius 1 is 0.935 bits per heavy atom. The molecule has 31 heavy (non-hydrogen) atoms. The van der Waals surface area contributed by atoms with E-state index in [9.17, 15) is 23.2 Å². The Morgan fingerprint density at radius 3 is 2.00 bits per heavy atom. The van der Waals surface area contributed by atoms with E-state index in [0.717, 1.165) is 12.8 Å². The van der Waals surface area contributed by atoms with Gasteiger partial charge in [0.15, 0.2) is 0 Å². The molecule has 2 aromatic rings. The van der Waals surface area contributed by atoms with Crippen molar-refractivity contribution in [2.45, 2.75) is 50.2 Å². The van der Waals surface area contributed by atoms with E-state index in [4.69, 9.17) is 14.6 Å². The van der Waals surface area contributed by atoms with Gasteiger partial charge in [0.1, 0.15) is 5.60 Å². The lowest BCUT2D eigenvalue weighted by atomic mass is 10.0. The Morgan fingerprint density at radius 2 is 1.45 bits per heavy atom. The molecule has 0 aliphatic heterocycles. The van der Waals surface area contributed by atoms with Crippen molar-refractivity contribution in [1.29, 1.82) is 0 Å². The van der Waals surface area contributed by atoms with E-state index < -0.39 is 35.5 Å². The number of rotatable bonds is 7. The van der Waals surface area contributed by atoms with Crippen molar-refractivity contribution in [1.82, 2.24) is 0 Å². The third-order valence-electron chi connectivity index (χ3n) is 5.31. The fraction of sp³-hybridized carbons (Fsp3) is 0.348. The molecule has 164 valence electrons. The fourth-order valence-corrected chi connectivity index (χ4v) is 3.60. The summed E-state index contributed by atoms with van der Waals surface area (Å²) in [6.07, 6.45) is 0.820. The number of benzene rings is 2. The molecule has 8 heteroatoms. The summed E-state index contributed by atoms with van der Waals surface area (Å²) in [7, 11) is 0. The molecule has 1 N–H and O–H groups in total. The van der Waals surface area contributed by atoms with Crippen LogP contribution < -0.4 is 0 Å². The zero-order valence-electron chi connectivity index (χ0n) is 16.8. The first-order valence-electron chi connectivity index (χ1n) is 9.83. The van der Waals surface area contributed by atoms with E-state index in [1.807, 2.05) is 0 Å². The minimum absolute atomic E-state index is 0.133. The summed E-state index contributed by atoms with van der Waals surface area (Å²) in [6.45, 7) is 1.80. The molecule has 1 fully saturated rings. The SMILES string of the molecule is CC1(OC(=O)c2ccccc2C(=O)OC(c2ccccc2)C(F)(F)C(=O)O)CCCC1. The smallest absolute Gasteiger partial charge is 0.382 e. The molecule has 0 spiro atoms. The van der Waals surface area contributed by atoms with E-state index in [0.29, 0.717) is 12.8 Å². The molecule has 1 atom stereocenters. The molecule has 1 unspecified atom stereocenters. The average Bonchev–Trinajstić information content (AvgIpc) is 3.18. The van der Waals surface area contributed by atoms with Gasteiger partial charge in [-0.05, 0) is 50.3 Å². The fourth-order valence-electron chi connectivity index (χ4n) is 3.60. The Hall–Kier alpha value is -3.29. The number of carboxylic acids is 1. The minimum atomic E-state index is -4.39. The first-order valence-corrected chi connectivity index (χ1v) is 9.83. The van der Waals surface area contributed by atoms with Gasteiger partial charge in [0, 0.05) is 0 Å². The van der Waals surface area contributed by atoms with Crippen LogP contribution in [0.15, 0.2) is 54.6 Å². The van der Waals surface area contributed by atoms with Crippen molar-refractivity contribution in [3.63, 3.8) is 0 Å². The Labute approximate surface area is 177 Å². The predicted octanol–water partition coefficient (Wildman–Crippen LogP) is 4.79. The molecule has 0 aromatic heterocycles. The van der Waals surface area contributed by atoms with Crippen LogP contribution in [0.3, 0.4) is 0 Å².